The van der Waals surface area contributed by atoms with Gasteiger partial charge < -0.3 is 5.32 Å². The molecule has 1 aliphatic carbocycles. The lowest BCUT2D eigenvalue weighted by Crippen LogP contribution is -2.21. The smallest absolute Gasteiger partial charge is 0.127 e. The Kier molecular flexibility index (Phi) is 3.06. The molecule has 0 amide bonds. The van der Waals surface area contributed by atoms with E-state index in [4.69, 9.17) is 0 Å². The second kappa shape index (κ2) is 4.30. The first-order valence-corrected chi connectivity index (χ1v) is 5.98. The molecular weight excluding hydrogens is 240 g/mol. The van der Waals surface area contributed by atoms with Crippen LogP contribution in [0.25, 0.3) is 0 Å². The molecule has 1 aromatic heterocycles. The average Bonchev–Trinajstić information content (AvgIpc) is 2.97. The van der Waals surface area contributed by atoms with Crippen molar-refractivity contribution >= 4 is 21.7 Å². The van der Waals surface area contributed by atoms with Crippen LogP contribution in [0.3, 0.4) is 0 Å². The SMILES string of the molecule is CCC(Nc1cccc(Br)n1)C1CC1. The van der Waals surface area contributed by atoms with Crippen molar-refractivity contribution < 1.29 is 0 Å². The third kappa shape index (κ3) is 2.47. The van der Waals surface area contributed by atoms with E-state index in [-0.39, 0.29) is 0 Å². The maximum Gasteiger partial charge on any atom is 0.127 e. The summed E-state index contributed by atoms with van der Waals surface area (Å²) in [6.07, 6.45) is 3.93. The first-order chi connectivity index (χ1) is 6.79. The minimum Gasteiger partial charge on any atom is -0.367 e. The number of aromatic nitrogens is 1. The van der Waals surface area contributed by atoms with E-state index in [1.54, 1.807) is 0 Å². The second-order valence-electron chi connectivity index (χ2n) is 3.84. The van der Waals surface area contributed by atoms with E-state index >= 15 is 0 Å². The summed E-state index contributed by atoms with van der Waals surface area (Å²) in [6.45, 7) is 2.23. The Balaban J connectivity index is 2.01. The van der Waals surface area contributed by atoms with E-state index in [9.17, 15) is 0 Å². The summed E-state index contributed by atoms with van der Waals surface area (Å²) in [5, 5.41) is 3.49. The highest BCUT2D eigenvalue weighted by Gasteiger charge is 2.29. The van der Waals surface area contributed by atoms with E-state index in [0.29, 0.717) is 6.04 Å². The molecule has 0 bridgehead atoms. The van der Waals surface area contributed by atoms with Crippen LogP contribution in [0.4, 0.5) is 5.82 Å². The summed E-state index contributed by atoms with van der Waals surface area (Å²) in [4.78, 5) is 4.38. The second-order valence-corrected chi connectivity index (χ2v) is 4.65. The zero-order valence-electron chi connectivity index (χ0n) is 8.33. The van der Waals surface area contributed by atoms with Crippen LogP contribution in [0.15, 0.2) is 22.8 Å². The van der Waals surface area contributed by atoms with Crippen molar-refractivity contribution in [1.29, 1.82) is 0 Å². The molecule has 3 heteroatoms. The van der Waals surface area contributed by atoms with Gasteiger partial charge in [0.05, 0.1) is 0 Å². The molecule has 76 valence electrons. The number of hydrogen-bond acceptors (Lipinski definition) is 2. The lowest BCUT2D eigenvalue weighted by atomic mass is 10.1. The van der Waals surface area contributed by atoms with Crippen molar-refractivity contribution in [2.45, 2.75) is 32.2 Å². The highest BCUT2D eigenvalue weighted by atomic mass is 79.9. The van der Waals surface area contributed by atoms with Crippen molar-refractivity contribution in [2.24, 2.45) is 5.92 Å². The molecule has 1 fully saturated rings. The van der Waals surface area contributed by atoms with Gasteiger partial charge in [0, 0.05) is 6.04 Å². The summed E-state index contributed by atoms with van der Waals surface area (Å²) in [7, 11) is 0. The predicted octanol–water partition coefficient (Wildman–Crippen LogP) is 3.44. The van der Waals surface area contributed by atoms with Crippen LogP contribution in [0.2, 0.25) is 0 Å². The molecule has 1 aromatic rings. The van der Waals surface area contributed by atoms with Gasteiger partial charge in [0.15, 0.2) is 0 Å². The number of hydrogen-bond donors (Lipinski definition) is 1. The van der Waals surface area contributed by atoms with Crippen molar-refractivity contribution in [2.75, 3.05) is 5.32 Å². The third-order valence-corrected chi connectivity index (χ3v) is 3.12. The lowest BCUT2D eigenvalue weighted by Gasteiger charge is -2.16. The Bertz CT molecular complexity index is 310. The number of halogens is 1. The topological polar surface area (TPSA) is 24.9 Å². The highest BCUT2D eigenvalue weighted by Crippen LogP contribution is 2.35. The molecule has 1 saturated carbocycles. The van der Waals surface area contributed by atoms with Gasteiger partial charge in [-0.05, 0) is 53.2 Å². The molecular formula is C11H15BrN2. The molecule has 2 rings (SSSR count). The van der Waals surface area contributed by atoms with Gasteiger partial charge in [0.2, 0.25) is 0 Å². The molecule has 0 spiro atoms. The molecule has 1 unspecified atom stereocenters. The fourth-order valence-electron chi connectivity index (χ4n) is 1.73. The zero-order chi connectivity index (χ0) is 9.97. The van der Waals surface area contributed by atoms with Gasteiger partial charge in [-0.15, -0.1) is 0 Å². The molecule has 1 heterocycles. The van der Waals surface area contributed by atoms with E-state index in [1.165, 1.54) is 19.3 Å². The van der Waals surface area contributed by atoms with E-state index in [1.807, 2.05) is 18.2 Å². The molecule has 0 saturated heterocycles. The Labute approximate surface area is 93.3 Å². The third-order valence-electron chi connectivity index (χ3n) is 2.68. The highest BCUT2D eigenvalue weighted by molar-refractivity contribution is 9.10. The summed E-state index contributed by atoms with van der Waals surface area (Å²) in [5.41, 5.74) is 0. The minimum absolute atomic E-state index is 0.608. The summed E-state index contributed by atoms with van der Waals surface area (Å²) in [5.74, 6) is 1.86. The van der Waals surface area contributed by atoms with Crippen LogP contribution in [0, 0.1) is 5.92 Å². The molecule has 1 atom stereocenters. The van der Waals surface area contributed by atoms with Crippen LogP contribution < -0.4 is 5.32 Å². The Hall–Kier alpha value is -0.570. The lowest BCUT2D eigenvalue weighted by molar-refractivity contribution is 0.614. The largest absolute Gasteiger partial charge is 0.367 e. The summed E-state index contributed by atoms with van der Waals surface area (Å²) >= 11 is 3.38. The Morgan fingerprint density at radius 1 is 1.57 bits per heavy atom. The van der Waals surface area contributed by atoms with Crippen LogP contribution in [0.1, 0.15) is 26.2 Å². The fourth-order valence-corrected chi connectivity index (χ4v) is 2.07. The molecule has 0 aliphatic heterocycles. The van der Waals surface area contributed by atoms with E-state index < -0.39 is 0 Å². The monoisotopic (exact) mass is 254 g/mol. The molecule has 14 heavy (non-hydrogen) atoms. The van der Waals surface area contributed by atoms with Crippen LogP contribution in [0.5, 0.6) is 0 Å². The fraction of sp³-hybridized carbons (Fsp3) is 0.545. The van der Waals surface area contributed by atoms with Crippen LogP contribution in [-0.4, -0.2) is 11.0 Å². The van der Waals surface area contributed by atoms with Crippen molar-refractivity contribution in [1.82, 2.24) is 4.98 Å². The average molecular weight is 255 g/mol. The van der Waals surface area contributed by atoms with Gasteiger partial charge in [0.25, 0.3) is 0 Å². The number of pyridine rings is 1. The van der Waals surface area contributed by atoms with Gasteiger partial charge in [-0.25, -0.2) is 4.98 Å². The normalized spacial score (nSPS) is 17.9. The number of rotatable bonds is 4. The Morgan fingerprint density at radius 2 is 2.36 bits per heavy atom. The van der Waals surface area contributed by atoms with Gasteiger partial charge in [-0.1, -0.05) is 13.0 Å². The summed E-state index contributed by atoms with van der Waals surface area (Å²) in [6, 6.07) is 6.59. The number of nitrogens with one attached hydrogen (secondary N) is 1. The Morgan fingerprint density at radius 3 is 2.93 bits per heavy atom. The molecule has 1 aliphatic rings. The molecule has 0 radical (unpaired) electrons. The van der Waals surface area contributed by atoms with E-state index in [2.05, 4.69) is 33.2 Å². The first-order valence-electron chi connectivity index (χ1n) is 5.18. The minimum atomic E-state index is 0.608. The molecule has 1 N–H and O–H groups in total. The van der Waals surface area contributed by atoms with Gasteiger partial charge >= 0.3 is 0 Å². The van der Waals surface area contributed by atoms with Crippen LogP contribution in [-0.2, 0) is 0 Å². The maximum atomic E-state index is 4.38. The quantitative estimate of drug-likeness (QED) is 0.833. The van der Waals surface area contributed by atoms with Gasteiger partial charge in [0.1, 0.15) is 10.4 Å². The number of nitrogens with zero attached hydrogens (tertiary/aromatic N) is 1. The van der Waals surface area contributed by atoms with Crippen molar-refractivity contribution in [3.05, 3.63) is 22.8 Å². The summed E-state index contributed by atoms with van der Waals surface area (Å²) < 4.78 is 0.896. The standard InChI is InChI=1S/C11H15BrN2/c1-2-9(8-6-7-8)13-11-5-3-4-10(12)14-11/h3-5,8-9H,2,6-7H2,1H3,(H,13,14). The van der Waals surface area contributed by atoms with Crippen molar-refractivity contribution in [3.8, 4) is 0 Å². The van der Waals surface area contributed by atoms with Gasteiger partial charge in [-0.2, -0.15) is 0 Å². The predicted molar refractivity (Wildman–Crippen MR) is 62.4 cm³/mol. The zero-order valence-corrected chi connectivity index (χ0v) is 9.92. The first kappa shape index (κ1) is 9.97. The molecule has 2 nitrogen and oxygen atoms in total. The van der Waals surface area contributed by atoms with Crippen molar-refractivity contribution in [3.63, 3.8) is 0 Å². The maximum absolute atomic E-state index is 4.38. The van der Waals surface area contributed by atoms with Gasteiger partial charge in [-0.3, -0.25) is 0 Å². The van der Waals surface area contributed by atoms with E-state index in [0.717, 1.165) is 16.3 Å². The van der Waals surface area contributed by atoms with Crippen LogP contribution >= 0.6 is 15.9 Å². The molecule has 0 aromatic carbocycles. The number of anilines is 1.